The van der Waals surface area contributed by atoms with Crippen molar-refractivity contribution >= 4 is 56.3 Å². The van der Waals surface area contributed by atoms with Crippen molar-refractivity contribution in [3.8, 4) is 17.4 Å². The Labute approximate surface area is 350 Å². The average molecular weight is 858 g/mol. The van der Waals surface area contributed by atoms with Crippen LogP contribution < -0.4 is 29.6 Å². The molecule has 5 atom stereocenters. The number of carbonyl (C=O) groups excluding carboxylic acids is 4. The van der Waals surface area contributed by atoms with E-state index in [2.05, 4.69) is 21.9 Å². The van der Waals surface area contributed by atoms with Gasteiger partial charge in [-0.1, -0.05) is 50.8 Å². The van der Waals surface area contributed by atoms with E-state index in [0.717, 1.165) is 24.8 Å². The summed E-state index contributed by atoms with van der Waals surface area (Å²) in [5.41, 5.74) is -0.769. The summed E-state index contributed by atoms with van der Waals surface area (Å²) in [4.78, 5) is 62.9. The first kappa shape index (κ1) is 42.8. The third kappa shape index (κ3) is 9.08. The second-order valence-corrected chi connectivity index (χ2v) is 19.8. The summed E-state index contributed by atoms with van der Waals surface area (Å²) in [7, 11) is -2.38. The number of cyclic esters (lactones) is 1. The predicted octanol–water partition coefficient (Wildman–Crippen LogP) is 5.35. The molecule has 3 N–H and O–H groups in total. The summed E-state index contributed by atoms with van der Waals surface area (Å²) < 4.78 is 52.0. The van der Waals surface area contributed by atoms with Gasteiger partial charge in [0.15, 0.2) is 0 Å². The van der Waals surface area contributed by atoms with Gasteiger partial charge < -0.3 is 34.5 Å². The summed E-state index contributed by atoms with van der Waals surface area (Å²) in [5.74, 6) is -1.61. The van der Waals surface area contributed by atoms with Gasteiger partial charge in [0.05, 0.1) is 32.1 Å². The minimum atomic E-state index is -3.92. The SMILES string of the molecule is C=C[C@H]1C[C@@]1(NC(=O)[C@@H]1C[C@@H]2CN1C(=O)[C@H](C1CCCCC1)NC(=O)OCC(C)(C)CCCc1cc3c(cc(OCC)nc3c(Cl)c1OC)O2)C(=O)NS(=O)(=O)C1CC1. The third-order valence-electron chi connectivity index (χ3n) is 12.5. The zero-order valence-corrected chi connectivity index (χ0v) is 35.8. The van der Waals surface area contributed by atoms with Crippen LogP contribution in [-0.2, 0) is 35.6 Å². The minimum absolute atomic E-state index is 0.00888. The van der Waals surface area contributed by atoms with Gasteiger partial charge in [0, 0.05) is 23.8 Å². The Balaban J connectivity index is 1.28. The second-order valence-electron chi connectivity index (χ2n) is 17.4. The zero-order chi connectivity index (χ0) is 42.3. The van der Waals surface area contributed by atoms with Gasteiger partial charge in [-0.3, -0.25) is 19.1 Å². The summed E-state index contributed by atoms with van der Waals surface area (Å²) >= 11 is 7.02. The summed E-state index contributed by atoms with van der Waals surface area (Å²) in [6.07, 6.45) is 7.24. The molecule has 17 heteroatoms. The number of fused-ring (bicyclic) bond motifs is 3. The van der Waals surface area contributed by atoms with Crippen molar-refractivity contribution in [3.63, 3.8) is 0 Å². The highest BCUT2D eigenvalue weighted by Crippen LogP contribution is 2.46. The van der Waals surface area contributed by atoms with E-state index in [1.54, 1.807) is 13.2 Å². The molecule has 5 aliphatic rings. The summed E-state index contributed by atoms with van der Waals surface area (Å²) in [5, 5.41) is 5.97. The van der Waals surface area contributed by atoms with Gasteiger partial charge in [0.1, 0.15) is 45.8 Å². The molecule has 7 rings (SSSR count). The Bertz CT molecular complexity index is 2110. The Morgan fingerprint density at radius 2 is 1.88 bits per heavy atom. The van der Waals surface area contributed by atoms with Crippen molar-refractivity contribution in [2.24, 2.45) is 17.3 Å². The number of methoxy groups -OCH3 is 1. The van der Waals surface area contributed by atoms with Crippen LogP contribution in [0.1, 0.15) is 97.0 Å². The number of benzene rings is 1. The lowest BCUT2D eigenvalue weighted by atomic mass is 9.83. The third-order valence-corrected chi connectivity index (χ3v) is 14.6. The lowest BCUT2D eigenvalue weighted by Gasteiger charge is -2.35. The molecule has 0 spiro atoms. The zero-order valence-electron chi connectivity index (χ0n) is 34.3. The molecule has 2 aromatic rings. The standard InChI is InChI=1S/C42H56ClN5O10S/c1-6-26-21-42(26,39(51)47-59(53,54)28-15-16-28)46-37(49)30-19-27-22-48(30)38(50)34(24-12-9-8-10-13-24)45-40(52)57-23-41(3,4)17-11-14-25-18-29-31(58-27)20-32(56-7-2)44-35(29)33(43)36(25)55-5/h6,18,20,24,26-28,30,34H,1,7-17,19,21-23H2,2-5H3,(H,45,52)(H,46,49)(H,47,51)/t26-,27+,30-,34-,42-/m0/s1. The van der Waals surface area contributed by atoms with Crippen LogP contribution >= 0.6 is 11.6 Å². The number of nitrogens with zero attached hydrogens (tertiary/aromatic N) is 2. The Kier molecular flexibility index (Phi) is 12.3. The molecule has 59 heavy (non-hydrogen) atoms. The number of amides is 4. The van der Waals surface area contributed by atoms with Crippen molar-refractivity contribution in [3.05, 3.63) is 35.4 Å². The van der Waals surface area contributed by atoms with E-state index in [1.807, 2.05) is 26.8 Å². The number of aryl methyl sites for hydroxylation is 1. The van der Waals surface area contributed by atoms with Gasteiger partial charge in [-0.15, -0.1) is 6.58 Å². The molecular formula is C42H56ClN5O10S. The van der Waals surface area contributed by atoms with Gasteiger partial charge in [-0.25, -0.2) is 18.2 Å². The molecular weight excluding hydrogens is 802 g/mol. The fourth-order valence-electron chi connectivity index (χ4n) is 8.89. The molecule has 1 aromatic carbocycles. The Morgan fingerprint density at radius 1 is 1.14 bits per heavy atom. The van der Waals surface area contributed by atoms with E-state index in [1.165, 1.54) is 11.0 Å². The summed E-state index contributed by atoms with van der Waals surface area (Å²) in [6, 6.07) is 1.44. The lowest BCUT2D eigenvalue weighted by molar-refractivity contribution is -0.142. The molecule has 0 radical (unpaired) electrons. The molecule has 0 unspecified atom stereocenters. The number of halogens is 1. The molecule has 3 heterocycles. The molecule has 15 nitrogen and oxygen atoms in total. The van der Waals surface area contributed by atoms with Gasteiger partial charge in [0.25, 0.3) is 5.91 Å². The van der Waals surface area contributed by atoms with Crippen LogP contribution in [0.5, 0.6) is 17.4 Å². The Morgan fingerprint density at radius 3 is 2.54 bits per heavy atom. The topological polar surface area (TPSA) is 192 Å². The fraction of sp³-hybridized carbons (Fsp3) is 0.643. The van der Waals surface area contributed by atoms with Crippen molar-refractivity contribution in [2.75, 3.05) is 26.9 Å². The summed E-state index contributed by atoms with van der Waals surface area (Å²) in [6.45, 7) is 10.0. The van der Waals surface area contributed by atoms with Gasteiger partial charge in [-0.05, 0) is 81.3 Å². The van der Waals surface area contributed by atoms with Crippen molar-refractivity contribution < 1.29 is 46.5 Å². The van der Waals surface area contributed by atoms with E-state index in [-0.39, 0.29) is 42.8 Å². The first-order valence-corrected chi connectivity index (χ1v) is 22.8. The highest BCUT2D eigenvalue weighted by Gasteiger charge is 2.62. The largest absolute Gasteiger partial charge is 0.495 e. The minimum Gasteiger partial charge on any atom is -0.495 e. The van der Waals surface area contributed by atoms with Crippen molar-refractivity contribution in [2.45, 2.75) is 127 Å². The van der Waals surface area contributed by atoms with E-state index < -0.39 is 74.1 Å². The van der Waals surface area contributed by atoms with Crippen LogP contribution in [0.15, 0.2) is 24.8 Å². The van der Waals surface area contributed by atoms with E-state index in [9.17, 15) is 27.6 Å². The maximum Gasteiger partial charge on any atom is 0.407 e. The van der Waals surface area contributed by atoms with Gasteiger partial charge >= 0.3 is 6.09 Å². The van der Waals surface area contributed by atoms with Gasteiger partial charge in [-0.2, -0.15) is 0 Å². The van der Waals surface area contributed by atoms with Crippen LogP contribution in [0.3, 0.4) is 0 Å². The van der Waals surface area contributed by atoms with Crippen molar-refractivity contribution in [1.29, 1.82) is 0 Å². The molecule has 2 aliphatic heterocycles. The highest BCUT2D eigenvalue weighted by molar-refractivity contribution is 7.91. The van der Waals surface area contributed by atoms with Crippen molar-refractivity contribution in [1.82, 2.24) is 25.2 Å². The monoisotopic (exact) mass is 857 g/mol. The van der Waals surface area contributed by atoms with Crippen LogP contribution in [-0.4, -0.2) is 98.0 Å². The van der Waals surface area contributed by atoms with Crippen LogP contribution in [0.2, 0.25) is 5.02 Å². The number of sulfonamides is 1. The predicted molar refractivity (Wildman–Crippen MR) is 220 cm³/mol. The van der Waals surface area contributed by atoms with E-state index >= 15 is 0 Å². The fourth-order valence-corrected chi connectivity index (χ4v) is 10.6. The molecule has 1 saturated heterocycles. The molecule has 4 fully saturated rings. The maximum atomic E-state index is 15.0. The average Bonchev–Trinajstić information content (AvgIpc) is 4.13. The first-order chi connectivity index (χ1) is 28.1. The number of aromatic nitrogens is 1. The lowest BCUT2D eigenvalue weighted by Crippen LogP contribution is -2.59. The molecule has 3 aliphatic carbocycles. The number of ether oxygens (including phenoxy) is 4. The molecule has 3 saturated carbocycles. The maximum absolute atomic E-state index is 15.0. The number of pyridine rings is 1. The number of alkyl carbamates (subject to hydrolysis) is 1. The van der Waals surface area contributed by atoms with E-state index in [4.69, 9.17) is 35.5 Å². The van der Waals surface area contributed by atoms with E-state index in [0.29, 0.717) is 74.0 Å². The number of hydrogen-bond donors (Lipinski definition) is 3. The quantitative estimate of drug-likeness (QED) is 0.261. The molecule has 4 amide bonds. The highest BCUT2D eigenvalue weighted by atomic mass is 35.5. The molecule has 322 valence electrons. The number of nitrogens with one attached hydrogen (secondary N) is 3. The van der Waals surface area contributed by atoms with Crippen LogP contribution in [0.4, 0.5) is 4.79 Å². The van der Waals surface area contributed by atoms with Gasteiger partial charge in [0.2, 0.25) is 27.7 Å². The Hall–Kier alpha value is -4.31. The molecule has 4 bridgehead atoms. The first-order valence-electron chi connectivity index (χ1n) is 20.8. The molecule has 1 aromatic heterocycles. The number of rotatable bonds is 10. The van der Waals surface area contributed by atoms with Crippen LogP contribution in [0.25, 0.3) is 10.9 Å². The smallest absolute Gasteiger partial charge is 0.407 e. The number of carbonyl (C=O) groups is 4. The van der Waals surface area contributed by atoms with Crippen LogP contribution in [0, 0.1) is 17.3 Å². The number of hydrogen-bond acceptors (Lipinski definition) is 11. The normalized spacial score (nSPS) is 27.7. The second kappa shape index (κ2) is 17.0.